The molecule has 0 unspecified atom stereocenters. The predicted molar refractivity (Wildman–Crippen MR) is 333 cm³/mol. The van der Waals surface area contributed by atoms with Gasteiger partial charge in [-0.25, -0.2) is 0 Å². The minimum atomic E-state index is -0.0420. The van der Waals surface area contributed by atoms with Crippen LogP contribution in [0.4, 0.5) is 0 Å². The molecule has 2 aromatic heterocycles. The molecule has 2 nitrogen and oxygen atoms in total. The molecule has 0 radical (unpaired) electrons. The lowest BCUT2D eigenvalue weighted by atomic mass is 9.31. The molecule has 0 bridgehead atoms. The third-order valence-electron chi connectivity index (χ3n) is 17.6. The monoisotopic (exact) mass is 985 g/mol. The Labute approximate surface area is 452 Å². The van der Waals surface area contributed by atoms with Gasteiger partial charge in [0, 0.05) is 44.0 Å². The van der Waals surface area contributed by atoms with Crippen molar-refractivity contribution < 1.29 is 0 Å². The first-order chi connectivity index (χ1) is 36.7. The third kappa shape index (κ3) is 7.29. The van der Waals surface area contributed by atoms with Gasteiger partial charge in [0.1, 0.15) is 0 Å². The molecule has 2 aliphatic rings. The Kier molecular flexibility index (Phi) is 11.6. The molecule has 0 fully saturated rings. The van der Waals surface area contributed by atoms with Crippen molar-refractivity contribution in [3.8, 4) is 33.6 Å². The molecule has 0 saturated carbocycles. The summed E-state index contributed by atoms with van der Waals surface area (Å²) in [5.41, 5.74) is 30.0. The molecule has 0 saturated heterocycles. The van der Waals surface area contributed by atoms with E-state index in [1.807, 2.05) is 0 Å². The summed E-state index contributed by atoms with van der Waals surface area (Å²) >= 11 is 0. The number of fused-ring (bicyclic) bond motifs is 10. The molecule has 4 heteroatoms. The van der Waals surface area contributed by atoms with E-state index < -0.39 is 0 Å². The van der Waals surface area contributed by atoms with E-state index in [1.54, 1.807) is 0 Å². The van der Waals surface area contributed by atoms with Crippen LogP contribution in [0.3, 0.4) is 0 Å². The van der Waals surface area contributed by atoms with Crippen LogP contribution < -0.4 is 32.8 Å². The van der Waals surface area contributed by atoms with Crippen molar-refractivity contribution in [1.29, 1.82) is 0 Å². The second kappa shape index (κ2) is 18.2. The highest BCUT2D eigenvalue weighted by molar-refractivity contribution is 7.00. The molecule has 374 valence electrons. The van der Waals surface area contributed by atoms with E-state index in [4.69, 9.17) is 0 Å². The van der Waals surface area contributed by atoms with E-state index >= 15 is 0 Å². The second-order valence-electron chi connectivity index (χ2n) is 24.4. The molecule has 4 heterocycles. The third-order valence-corrected chi connectivity index (χ3v) is 17.6. The summed E-state index contributed by atoms with van der Waals surface area (Å²) < 4.78 is 5.39. The lowest BCUT2D eigenvalue weighted by Gasteiger charge is -2.36. The van der Waals surface area contributed by atoms with Gasteiger partial charge in [-0.3, -0.25) is 0 Å². The van der Waals surface area contributed by atoms with E-state index in [9.17, 15) is 0 Å². The molecule has 13 rings (SSSR count). The summed E-state index contributed by atoms with van der Waals surface area (Å²) in [5, 5.41) is 5.23. The van der Waals surface area contributed by atoms with Gasteiger partial charge in [0.25, 0.3) is 0 Å². The molecule has 2 aliphatic heterocycles. The van der Waals surface area contributed by atoms with Crippen LogP contribution in [-0.2, 0) is 0 Å². The largest absolute Gasteiger partial charge is 0.310 e. The van der Waals surface area contributed by atoms with Gasteiger partial charge in [-0.1, -0.05) is 227 Å². The van der Waals surface area contributed by atoms with E-state index in [0.29, 0.717) is 35.5 Å². The molecule has 0 N–H and O–H groups in total. The fraction of sp³-hybridized carbons (Fsp3) is 0.250. The van der Waals surface area contributed by atoms with Crippen LogP contribution in [0.15, 0.2) is 170 Å². The molecular weight excluding hydrogens is 914 g/mol. The average molecular weight is 985 g/mol. The normalized spacial score (nSPS) is 13.1. The first-order valence-electron chi connectivity index (χ1n) is 28.5. The van der Waals surface area contributed by atoms with Gasteiger partial charge in [0.2, 0.25) is 13.4 Å². The molecular formula is C72H70B2N2. The van der Waals surface area contributed by atoms with Crippen LogP contribution in [0.5, 0.6) is 0 Å². The lowest BCUT2D eigenvalue weighted by molar-refractivity contribution is 0.812. The van der Waals surface area contributed by atoms with Gasteiger partial charge in [-0.2, -0.15) is 0 Å². The van der Waals surface area contributed by atoms with E-state index in [1.165, 1.54) is 143 Å². The minimum absolute atomic E-state index is 0.0420. The van der Waals surface area contributed by atoms with E-state index in [2.05, 4.69) is 262 Å². The van der Waals surface area contributed by atoms with Gasteiger partial charge in [0.15, 0.2) is 0 Å². The van der Waals surface area contributed by atoms with Crippen LogP contribution in [0.2, 0.25) is 0 Å². The number of hydrogen-bond acceptors (Lipinski definition) is 0. The second-order valence-corrected chi connectivity index (χ2v) is 24.4. The van der Waals surface area contributed by atoms with Gasteiger partial charge in [-0.05, 0) is 149 Å². The summed E-state index contributed by atoms with van der Waals surface area (Å²) in [6.45, 7) is 28.8. The van der Waals surface area contributed by atoms with E-state index in [0.717, 1.165) is 0 Å². The zero-order chi connectivity index (χ0) is 52.6. The molecule has 0 aliphatic carbocycles. The standard InChI is InChI=1S/C72H70B2N2/c1-41(2)49-31-55(43(5)6)69(56(32-49)44(7)8)73-61-39-68-62(40-67(61)75-65-29-21-19-27-53(65)59-35-51(37-63(73)71(59)75)47-23-15-13-16-24-47)74(70-57(45(9)10)33-50(42(3)4)34-58(70)46(11)12)64-38-52(48-25-17-14-18-26-48)36-60-54-28-20-22-30-66(54)76(68)72(60)64/h13-46H,1-12H3. The van der Waals surface area contributed by atoms with Crippen molar-refractivity contribution >= 4 is 89.8 Å². The fourth-order valence-electron chi connectivity index (χ4n) is 13.9. The highest BCUT2D eigenvalue weighted by Crippen LogP contribution is 2.41. The zero-order valence-corrected chi connectivity index (χ0v) is 46.7. The van der Waals surface area contributed by atoms with Crippen LogP contribution in [-0.4, -0.2) is 22.6 Å². The average Bonchev–Trinajstić information content (AvgIpc) is 4.06. The maximum atomic E-state index is 2.71. The van der Waals surface area contributed by atoms with Crippen molar-refractivity contribution in [3.05, 3.63) is 203 Å². The van der Waals surface area contributed by atoms with Gasteiger partial charge >= 0.3 is 0 Å². The van der Waals surface area contributed by atoms with Crippen LogP contribution in [0, 0.1) is 0 Å². The minimum Gasteiger partial charge on any atom is -0.310 e. The number of hydrogen-bond donors (Lipinski definition) is 0. The maximum absolute atomic E-state index is 2.71. The SMILES string of the molecule is CC(C)c1cc(C(C)C)c(B2c3cc4c(cc3-n3c5ccccc5c5cc(-c6ccccc6)cc2c53)B(c2c(C(C)C)cc(C(C)C)cc2C(C)C)c2cc(-c3ccccc3)cc3c5ccccc5n-4c23)c(C(C)C)c1. The van der Waals surface area contributed by atoms with Gasteiger partial charge in [0.05, 0.1) is 11.0 Å². The first-order valence-corrected chi connectivity index (χ1v) is 28.5. The number of aromatic nitrogens is 2. The summed E-state index contributed by atoms with van der Waals surface area (Å²) in [4.78, 5) is 0. The Balaban J connectivity index is 1.25. The molecule has 9 aromatic carbocycles. The van der Waals surface area contributed by atoms with Crippen molar-refractivity contribution in [2.24, 2.45) is 0 Å². The molecule has 11 aromatic rings. The zero-order valence-electron chi connectivity index (χ0n) is 46.7. The number of benzene rings is 9. The molecule has 0 spiro atoms. The molecule has 0 atom stereocenters. The van der Waals surface area contributed by atoms with Crippen LogP contribution in [0.25, 0.3) is 77.2 Å². The summed E-state index contributed by atoms with van der Waals surface area (Å²) in [6, 6.07) is 66.6. The highest BCUT2D eigenvalue weighted by atomic mass is 15.0. The molecule has 76 heavy (non-hydrogen) atoms. The van der Waals surface area contributed by atoms with Crippen molar-refractivity contribution in [2.45, 2.75) is 119 Å². The summed E-state index contributed by atoms with van der Waals surface area (Å²) in [5.74, 6) is 2.08. The number of rotatable bonds is 10. The Hall–Kier alpha value is -7.29. The fourth-order valence-corrected chi connectivity index (χ4v) is 13.9. The maximum Gasteiger partial charge on any atom is 0.247 e. The van der Waals surface area contributed by atoms with Crippen molar-refractivity contribution in [1.82, 2.24) is 9.13 Å². The Morgan fingerprint density at radius 3 is 0.947 bits per heavy atom. The Morgan fingerprint density at radius 1 is 0.289 bits per heavy atom. The van der Waals surface area contributed by atoms with E-state index in [-0.39, 0.29) is 13.4 Å². The summed E-state index contributed by atoms with van der Waals surface area (Å²) in [7, 11) is 0. The Bertz CT molecular complexity index is 3800. The predicted octanol–water partition coefficient (Wildman–Crippen LogP) is 15.6. The van der Waals surface area contributed by atoms with Crippen molar-refractivity contribution in [2.75, 3.05) is 0 Å². The highest BCUT2D eigenvalue weighted by Gasteiger charge is 2.43. The first kappa shape index (κ1) is 48.4. The molecule has 0 amide bonds. The lowest BCUT2D eigenvalue weighted by Crippen LogP contribution is -2.61. The Morgan fingerprint density at radius 2 is 0.618 bits per heavy atom. The van der Waals surface area contributed by atoms with Gasteiger partial charge < -0.3 is 9.13 Å². The smallest absolute Gasteiger partial charge is 0.247 e. The number of para-hydroxylation sites is 2. The van der Waals surface area contributed by atoms with Crippen molar-refractivity contribution in [3.63, 3.8) is 0 Å². The van der Waals surface area contributed by atoms with Crippen LogP contribution in [0.1, 0.15) is 152 Å². The van der Waals surface area contributed by atoms with Crippen LogP contribution >= 0.6 is 0 Å². The summed E-state index contributed by atoms with van der Waals surface area (Å²) in [6.07, 6.45) is 0. The topological polar surface area (TPSA) is 9.86 Å². The quantitative estimate of drug-likeness (QED) is 0.121. The number of nitrogens with zero attached hydrogens (tertiary/aromatic N) is 2. The van der Waals surface area contributed by atoms with Gasteiger partial charge in [-0.15, -0.1) is 0 Å².